The van der Waals surface area contributed by atoms with E-state index in [0.29, 0.717) is 17.2 Å². The fraction of sp³-hybridized carbons (Fsp3) is 0.520. The minimum atomic E-state index is -0.325. The van der Waals surface area contributed by atoms with Crippen LogP contribution < -0.4 is 5.32 Å². The molecule has 1 aromatic heterocycles. The molecule has 0 unspecified atom stereocenters. The van der Waals surface area contributed by atoms with Crippen LogP contribution in [0.4, 0.5) is 5.00 Å². The van der Waals surface area contributed by atoms with E-state index >= 15 is 0 Å². The Kier molecular flexibility index (Phi) is 8.67. The maximum absolute atomic E-state index is 13.0. The summed E-state index contributed by atoms with van der Waals surface area (Å²) in [7, 11) is 0. The zero-order valence-corrected chi connectivity index (χ0v) is 19.7. The van der Waals surface area contributed by atoms with Crippen molar-refractivity contribution in [3.63, 3.8) is 0 Å². The molecule has 0 spiro atoms. The van der Waals surface area contributed by atoms with Crippen LogP contribution in [0.2, 0.25) is 0 Å². The number of nitrogens with zero attached hydrogens (tertiary/aromatic N) is 1. The number of carbonyl (C=O) groups excluding carboxylic acids is 2. The first-order valence-corrected chi connectivity index (χ1v) is 12.3. The van der Waals surface area contributed by atoms with E-state index in [9.17, 15) is 9.59 Å². The Balaban J connectivity index is 1.83. The third kappa shape index (κ3) is 5.95. The molecule has 0 bridgehead atoms. The SMILES string of the molecule is CCCC(CCC)C(=O)Nc1sc2c(c1C(=O)OCC)CCN(Cc1ccccc1)C2. The highest BCUT2D eigenvalue weighted by Gasteiger charge is 2.30. The number of hydrogen-bond donors (Lipinski definition) is 1. The first-order chi connectivity index (χ1) is 15.1. The van der Waals surface area contributed by atoms with Gasteiger partial charge in [-0.05, 0) is 37.3 Å². The van der Waals surface area contributed by atoms with Gasteiger partial charge >= 0.3 is 5.97 Å². The normalized spacial score (nSPS) is 13.8. The number of rotatable bonds is 10. The Hall–Kier alpha value is -2.18. The van der Waals surface area contributed by atoms with Gasteiger partial charge in [-0.3, -0.25) is 9.69 Å². The largest absolute Gasteiger partial charge is 0.462 e. The standard InChI is InChI=1S/C25H34N2O3S/c1-4-10-19(11-5-2)23(28)26-24-22(25(29)30-6-3)20-14-15-27(17-21(20)31-24)16-18-12-8-7-9-13-18/h7-9,12-13,19H,4-6,10-11,14-17H2,1-3H3,(H,26,28). The van der Waals surface area contributed by atoms with E-state index in [0.717, 1.165) is 62.2 Å². The maximum atomic E-state index is 13.0. The minimum absolute atomic E-state index is 0.0150. The molecule has 5 nitrogen and oxygen atoms in total. The van der Waals surface area contributed by atoms with Crippen molar-refractivity contribution in [3.8, 4) is 0 Å². The Morgan fingerprint density at radius 3 is 2.48 bits per heavy atom. The molecule has 0 radical (unpaired) electrons. The van der Waals surface area contributed by atoms with E-state index in [1.165, 1.54) is 16.9 Å². The molecule has 1 aliphatic rings. The molecule has 6 heteroatoms. The van der Waals surface area contributed by atoms with Crippen molar-refractivity contribution in [1.82, 2.24) is 4.90 Å². The molecule has 0 saturated heterocycles. The van der Waals surface area contributed by atoms with Crippen molar-refractivity contribution >= 4 is 28.2 Å². The van der Waals surface area contributed by atoms with E-state index in [-0.39, 0.29) is 17.8 Å². The van der Waals surface area contributed by atoms with Crippen LogP contribution in [0.25, 0.3) is 0 Å². The second-order valence-electron chi connectivity index (χ2n) is 8.14. The van der Waals surface area contributed by atoms with Gasteiger partial charge < -0.3 is 10.1 Å². The summed E-state index contributed by atoms with van der Waals surface area (Å²) in [5, 5.41) is 3.76. The van der Waals surface area contributed by atoms with E-state index in [2.05, 4.69) is 48.3 Å². The van der Waals surface area contributed by atoms with Gasteiger partial charge in [-0.25, -0.2) is 4.79 Å². The lowest BCUT2D eigenvalue weighted by Gasteiger charge is -2.27. The van der Waals surface area contributed by atoms with Gasteiger partial charge in [-0.15, -0.1) is 11.3 Å². The smallest absolute Gasteiger partial charge is 0.341 e. The van der Waals surface area contributed by atoms with Gasteiger partial charge in [0.25, 0.3) is 0 Å². The predicted molar refractivity (Wildman–Crippen MR) is 126 cm³/mol. The highest BCUT2D eigenvalue weighted by atomic mass is 32.1. The van der Waals surface area contributed by atoms with Crippen LogP contribution in [-0.2, 0) is 29.0 Å². The Morgan fingerprint density at radius 2 is 1.84 bits per heavy atom. The molecule has 0 saturated carbocycles. The molecular weight excluding hydrogens is 408 g/mol. The molecule has 1 amide bonds. The van der Waals surface area contributed by atoms with Gasteiger partial charge in [0, 0.05) is 30.4 Å². The summed E-state index contributed by atoms with van der Waals surface area (Å²) in [6, 6.07) is 10.4. The molecule has 3 rings (SSSR count). The lowest BCUT2D eigenvalue weighted by molar-refractivity contribution is -0.120. The molecule has 2 heterocycles. The van der Waals surface area contributed by atoms with Crippen molar-refractivity contribution < 1.29 is 14.3 Å². The van der Waals surface area contributed by atoms with Gasteiger partial charge in [-0.1, -0.05) is 57.0 Å². The quantitative estimate of drug-likeness (QED) is 0.484. The van der Waals surface area contributed by atoms with Crippen LogP contribution >= 0.6 is 11.3 Å². The molecule has 1 N–H and O–H groups in total. The number of nitrogens with one attached hydrogen (secondary N) is 1. The average molecular weight is 443 g/mol. The molecule has 1 aliphatic heterocycles. The van der Waals surface area contributed by atoms with Gasteiger partial charge in [0.15, 0.2) is 0 Å². The number of hydrogen-bond acceptors (Lipinski definition) is 5. The van der Waals surface area contributed by atoms with Crippen LogP contribution in [0.5, 0.6) is 0 Å². The van der Waals surface area contributed by atoms with Crippen LogP contribution in [0, 0.1) is 5.92 Å². The molecule has 2 aromatic rings. The first kappa shape index (κ1) is 23.5. The van der Waals surface area contributed by atoms with Crippen LogP contribution in [-0.4, -0.2) is 29.9 Å². The third-order valence-corrected chi connectivity index (χ3v) is 6.88. The molecule has 0 aliphatic carbocycles. The fourth-order valence-electron chi connectivity index (χ4n) is 4.26. The Morgan fingerprint density at radius 1 is 1.13 bits per heavy atom. The summed E-state index contributed by atoms with van der Waals surface area (Å²) in [5.41, 5.74) is 2.90. The summed E-state index contributed by atoms with van der Waals surface area (Å²) < 4.78 is 5.36. The number of thiophene rings is 1. The average Bonchev–Trinajstić information content (AvgIpc) is 3.11. The number of ether oxygens (including phenoxy) is 1. The molecule has 0 atom stereocenters. The van der Waals surface area contributed by atoms with Crippen LogP contribution in [0.15, 0.2) is 30.3 Å². The predicted octanol–water partition coefficient (Wildman–Crippen LogP) is 5.64. The maximum Gasteiger partial charge on any atom is 0.341 e. The van der Waals surface area contributed by atoms with Crippen molar-refractivity contribution in [2.24, 2.45) is 5.92 Å². The number of fused-ring (bicyclic) bond motifs is 1. The Labute approximate surface area is 189 Å². The zero-order chi connectivity index (χ0) is 22.2. The van der Waals surface area contributed by atoms with Crippen molar-refractivity contribution in [3.05, 3.63) is 51.9 Å². The fourth-order valence-corrected chi connectivity index (χ4v) is 5.54. The van der Waals surface area contributed by atoms with Crippen molar-refractivity contribution in [2.45, 2.75) is 66.0 Å². The summed E-state index contributed by atoms with van der Waals surface area (Å²) in [6.07, 6.45) is 4.46. The minimum Gasteiger partial charge on any atom is -0.462 e. The number of amides is 1. The topological polar surface area (TPSA) is 58.6 Å². The van der Waals surface area contributed by atoms with Gasteiger partial charge in [0.1, 0.15) is 5.00 Å². The zero-order valence-electron chi connectivity index (χ0n) is 18.9. The van der Waals surface area contributed by atoms with Gasteiger partial charge in [0.05, 0.1) is 12.2 Å². The Bertz CT molecular complexity index is 872. The van der Waals surface area contributed by atoms with Crippen LogP contribution in [0.3, 0.4) is 0 Å². The monoisotopic (exact) mass is 442 g/mol. The number of esters is 1. The van der Waals surface area contributed by atoms with E-state index < -0.39 is 0 Å². The molecule has 31 heavy (non-hydrogen) atoms. The van der Waals surface area contributed by atoms with Crippen molar-refractivity contribution in [1.29, 1.82) is 0 Å². The molecule has 168 valence electrons. The summed E-state index contributed by atoms with van der Waals surface area (Å²) in [6.45, 7) is 8.89. The molecular formula is C25H34N2O3S. The highest BCUT2D eigenvalue weighted by molar-refractivity contribution is 7.17. The van der Waals surface area contributed by atoms with E-state index in [4.69, 9.17) is 4.74 Å². The summed E-state index contributed by atoms with van der Waals surface area (Å²) in [5.74, 6) is -0.318. The highest BCUT2D eigenvalue weighted by Crippen LogP contribution is 2.38. The second-order valence-corrected chi connectivity index (χ2v) is 9.24. The van der Waals surface area contributed by atoms with Crippen molar-refractivity contribution in [2.75, 3.05) is 18.5 Å². The van der Waals surface area contributed by atoms with E-state index in [1.807, 2.05) is 13.0 Å². The first-order valence-electron chi connectivity index (χ1n) is 11.5. The van der Waals surface area contributed by atoms with Gasteiger partial charge in [-0.2, -0.15) is 0 Å². The number of benzene rings is 1. The van der Waals surface area contributed by atoms with Crippen LogP contribution in [0.1, 0.15) is 72.8 Å². The molecule has 0 fully saturated rings. The van der Waals surface area contributed by atoms with E-state index in [1.54, 1.807) is 0 Å². The number of carbonyl (C=O) groups is 2. The third-order valence-electron chi connectivity index (χ3n) is 5.75. The van der Waals surface area contributed by atoms with Gasteiger partial charge in [0.2, 0.25) is 5.91 Å². The lowest BCUT2D eigenvalue weighted by atomic mass is 9.97. The number of anilines is 1. The molecule has 1 aromatic carbocycles. The summed E-state index contributed by atoms with van der Waals surface area (Å²) in [4.78, 5) is 29.3. The summed E-state index contributed by atoms with van der Waals surface area (Å²) >= 11 is 1.54. The second kappa shape index (κ2) is 11.4. The lowest BCUT2D eigenvalue weighted by Crippen LogP contribution is -2.30.